The molecule has 3 fully saturated rings. The quantitative estimate of drug-likeness (QED) is 0.668. The third-order valence-corrected chi connectivity index (χ3v) is 6.11. The van der Waals surface area contributed by atoms with Gasteiger partial charge < -0.3 is 5.32 Å². The number of benzene rings is 1. The van der Waals surface area contributed by atoms with E-state index >= 15 is 0 Å². The van der Waals surface area contributed by atoms with Crippen molar-refractivity contribution >= 4 is 5.91 Å². The van der Waals surface area contributed by atoms with Crippen LogP contribution in [0.25, 0.3) is 0 Å². The fraction of sp³-hybridized carbons (Fsp3) is 0.650. The number of halogens is 3. The molecule has 0 spiro atoms. The van der Waals surface area contributed by atoms with Gasteiger partial charge in [0.15, 0.2) is 0 Å². The van der Waals surface area contributed by atoms with Gasteiger partial charge in [-0.3, -0.25) is 15.0 Å². The lowest BCUT2D eigenvalue weighted by Gasteiger charge is -2.42. The molecule has 160 valence electrons. The van der Waals surface area contributed by atoms with Crippen LogP contribution in [0, 0.1) is 11.8 Å². The zero-order chi connectivity index (χ0) is 20.9. The highest BCUT2D eigenvalue weighted by molar-refractivity contribution is 5.81. The predicted octanol–water partition coefficient (Wildman–Crippen LogP) is 1.91. The van der Waals surface area contributed by atoms with Gasteiger partial charge in [-0.2, -0.15) is 0 Å². The van der Waals surface area contributed by atoms with E-state index in [4.69, 9.17) is 0 Å². The summed E-state index contributed by atoms with van der Waals surface area (Å²) < 4.78 is 41.0. The van der Waals surface area contributed by atoms with Gasteiger partial charge in [-0.1, -0.05) is 24.3 Å². The van der Waals surface area contributed by atoms with Gasteiger partial charge in [-0.25, -0.2) is 23.6 Å². The van der Waals surface area contributed by atoms with Gasteiger partial charge in [-0.05, 0) is 38.4 Å². The molecule has 9 heteroatoms. The van der Waals surface area contributed by atoms with E-state index in [2.05, 4.69) is 16.1 Å². The zero-order valence-electron chi connectivity index (χ0n) is 16.8. The Bertz CT molecular complexity index is 749. The first-order chi connectivity index (χ1) is 13.7. The molecule has 3 aliphatic rings. The molecule has 6 nitrogen and oxygen atoms in total. The number of fused-ring (bicyclic) bond motifs is 1. The molecule has 2 saturated heterocycles. The number of nitrogens with one attached hydrogen (secondary N) is 3. The third-order valence-electron chi connectivity index (χ3n) is 6.11. The van der Waals surface area contributed by atoms with Crippen molar-refractivity contribution < 1.29 is 18.0 Å². The van der Waals surface area contributed by atoms with Crippen LogP contribution in [-0.4, -0.2) is 55.1 Å². The smallest absolute Gasteiger partial charge is 0.270 e. The second kappa shape index (κ2) is 7.54. The molecule has 3 N–H and O–H groups in total. The second-order valence-corrected chi connectivity index (χ2v) is 8.60. The van der Waals surface area contributed by atoms with Crippen molar-refractivity contribution in [3.05, 3.63) is 35.4 Å². The zero-order valence-corrected chi connectivity index (χ0v) is 16.8. The summed E-state index contributed by atoms with van der Waals surface area (Å²) in [6.45, 7) is 0.211. The van der Waals surface area contributed by atoms with Crippen LogP contribution in [0.15, 0.2) is 24.3 Å². The Hall–Kier alpha value is -1.68. The highest BCUT2D eigenvalue weighted by Crippen LogP contribution is 2.47. The molecule has 1 aliphatic carbocycles. The Morgan fingerprint density at radius 1 is 1.24 bits per heavy atom. The van der Waals surface area contributed by atoms with Gasteiger partial charge >= 0.3 is 0 Å². The van der Waals surface area contributed by atoms with E-state index in [0.29, 0.717) is 5.92 Å². The van der Waals surface area contributed by atoms with Gasteiger partial charge in [0.25, 0.3) is 5.92 Å². The van der Waals surface area contributed by atoms with Gasteiger partial charge in [0, 0.05) is 12.5 Å². The Balaban J connectivity index is 1.65. The van der Waals surface area contributed by atoms with Crippen molar-refractivity contribution in [2.45, 2.75) is 50.2 Å². The van der Waals surface area contributed by atoms with Crippen molar-refractivity contribution in [2.24, 2.45) is 11.8 Å². The minimum Gasteiger partial charge on any atom is -0.327 e. The van der Waals surface area contributed by atoms with Crippen LogP contribution in [0.5, 0.6) is 0 Å². The summed E-state index contributed by atoms with van der Waals surface area (Å²) in [5.41, 5.74) is 4.06. The Kier molecular flexibility index (Phi) is 5.35. The van der Waals surface area contributed by atoms with Gasteiger partial charge in [0.2, 0.25) is 5.91 Å². The van der Waals surface area contributed by atoms with Crippen LogP contribution >= 0.6 is 0 Å². The minimum absolute atomic E-state index is 0.0347. The molecule has 1 aromatic rings. The lowest BCUT2D eigenvalue weighted by atomic mass is 9.94. The largest absolute Gasteiger partial charge is 0.327 e. The summed E-state index contributed by atoms with van der Waals surface area (Å²) in [7, 11) is 3.69. The number of carbonyl (C=O) groups is 1. The molecule has 4 rings (SSSR count). The molecule has 2 heterocycles. The van der Waals surface area contributed by atoms with Crippen molar-refractivity contribution in [3.63, 3.8) is 0 Å². The first-order valence-electron chi connectivity index (χ1n) is 10.0. The molecular weight excluding hydrogens is 383 g/mol. The van der Waals surface area contributed by atoms with E-state index in [9.17, 15) is 18.0 Å². The number of nitrogens with zero attached hydrogens (tertiary/aromatic N) is 2. The van der Waals surface area contributed by atoms with E-state index < -0.39 is 30.7 Å². The van der Waals surface area contributed by atoms with E-state index in [1.54, 1.807) is 12.1 Å². The Morgan fingerprint density at radius 2 is 1.90 bits per heavy atom. The first kappa shape index (κ1) is 20.6. The Labute approximate surface area is 168 Å². The van der Waals surface area contributed by atoms with E-state index in [-0.39, 0.29) is 23.8 Å². The van der Waals surface area contributed by atoms with Gasteiger partial charge in [0.1, 0.15) is 13.0 Å². The maximum absolute atomic E-state index is 13.7. The average Bonchev–Trinajstić information content (AvgIpc) is 3.42. The van der Waals surface area contributed by atoms with Crippen LogP contribution in [0.1, 0.15) is 36.9 Å². The molecular formula is C20H28F3N5O. The third kappa shape index (κ3) is 3.88. The summed E-state index contributed by atoms with van der Waals surface area (Å²) in [6.07, 6.45) is 1.26. The summed E-state index contributed by atoms with van der Waals surface area (Å²) in [5.74, 6) is -3.33. The number of hydrogen-bond donors (Lipinski definition) is 3. The number of amides is 1. The molecule has 1 aromatic carbocycles. The molecule has 0 aromatic heterocycles. The highest BCUT2D eigenvalue weighted by atomic mass is 19.3. The molecule has 0 radical (unpaired) electrons. The van der Waals surface area contributed by atoms with Crippen molar-refractivity contribution in [1.82, 2.24) is 26.0 Å². The maximum atomic E-state index is 13.7. The highest BCUT2D eigenvalue weighted by Gasteiger charge is 2.54. The molecule has 5 atom stereocenters. The summed E-state index contributed by atoms with van der Waals surface area (Å²) in [5, 5.41) is 8.22. The fourth-order valence-corrected chi connectivity index (χ4v) is 4.40. The standard InChI is InChI=1S/C20H28F3N5O/c1-20(22,23)13-8-6-12(7-9-13)16(11-4-5-11)28-17-15(14(10-21)26-28)18(29)25-19(24-17)27(2)3/h6-9,11,14-17,19,24,26H,4-5,10H2,1-3H3,(H,25,29). The maximum Gasteiger partial charge on any atom is 0.270 e. The lowest BCUT2D eigenvalue weighted by molar-refractivity contribution is -0.133. The van der Waals surface area contributed by atoms with E-state index in [1.165, 1.54) is 12.1 Å². The fourth-order valence-electron chi connectivity index (χ4n) is 4.40. The topological polar surface area (TPSA) is 59.6 Å². The van der Waals surface area contributed by atoms with Crippen LogP contribution < -0.4 is 16.1 Å². The number of carbonyl (C=O) groups excluding carboxylic acids is 1. The van der Waals surface area contributed by atoms with E-state index in [1.807, 2.05) is 24.0 Å². The number of alkyl halides is 3. The first-order valence-corrected chi connectivity index (χ1v) is 10.0. The number of hydrogen-bond acceptors (Lipinski definition) is 5. The average molecular weight is 411 g/mol. The summed E-state index contributed by atoms with van der Waals surface area (Å²) in [4.78, 5) is 14.6. The number of hydrazine groups is 1. The van der Waals surface area contributed by atoms with E-state index in [0.717, 1.165) is 25.3 Å². The van der Waals surface area contributed by atoms with Crippen LogP contribution in [0.3, 0.4) is 0 Å². The molecule has 1 amide bonds. The molecule has 0 bridgehead atoms. The van der Waals surface area contributed by atoms with Crippen molar-refractivity contribution in [1.29, 1.82) is 0 Å². The molecule has 29 heavy (non-hydrogen) atoms. The van der Waals surface area contributed by atoms with Crippen LogP contribution in [0.2, 0.25) is 0 Å². The lowest BCUT2D eigenvalue weighted by Crippen LogP contribution is -2.68. The predicted molar refractivity (Wildman–Crippen MR) is 102 cm³/mol. The van der Waals surface area contributed by atoms with Gasteiger partial charge in [-0.15, -0.1) is 0 Å². The Morgan fingerprint density at radius 3 is 2.41 bits per heavy atom. The molecule has 2 aliphatic heterocycles. The normalized spacial score (nSPS) is 31.6. The minimum atomic E-state index is -2.90. The van der Waals surface area contributed by atoms with Crippen molar-refractivity contribution in [2.75, 3.05) is 20.8 Å². The summed E-state index contributed by atoms with van der Waals surface area (Å²) in [6, 6.07) is 5.60. The monoisotopic (exact) mass is 411 g/mol. The number of rotatable bonds is 6. The summed E-state index contributed by atoms with van der Waals surface area (Å²) >= 11 is 0. The molecule has 1 saturated carbocycles. The molecule has 5 unspecified atom stereocenters. The second-order valence-electron chi connectivity index (χ2n) is 8.60. The van der Waals surface area contributed by atoms with Crippen molar-refractivity contribution in [3.8, 4) is 0 Å². The van der Waals surface area contributed by atoms with Gasteiger partial charge in [0.05, 0.1) is 24.2 Å². The van der Waals surface area contributed by atoms with Crippen LogP contribution in [0.4, 0.5) is 13.2 Å². The SMILES string of the molecule is CN(C)C1NC(=O)C2C(CF)NN(C(c3ccc(C(C)(F)F)cc3)C3CC3)C2N1. The van der Waals surface area contributed by atoms with Crippen LogP contribution in [-0.2, 0) is 10.7 Å².